The van der Waals surface area contributed by atoms with E-state index >= 15 is 0 Å². The molecule has 4 heteroatoms. The van der Waals surface area contributed by atoms with E-state index in [1.165, 1.54) is 16.5 Å². The summed E-state index contributed by atoms with van der Waals surface area (Å²) in [5, 5.41) is 8.19. The van der Waals surface area contributed by atoms with Crippen LogP contribution in [0.5, 0.6) is 0 Å². The van der Waals surface area contributed by atoms with E-state index in [2.05, 4.69) is 45.9 Å². The summed E-state index contributed by atoms with van der Waals surface area (Å²) < 4.78 is 6.83. The molecule has 1 fully saturated rings. The van der Waals surface area contributed by atoms with Gasteiger partial charge in [0, 0.05) is 29.1 Å². The molecule has 0 spiro atoms. The number of ether oxygens (including phenoxy) is 1. The Bertz CT molecular complexity index is 368. The van der Waals surface area contributed by atoms with Gasteiger partial charge in [0.2, 0.25) is 0 Å². The van der Waals surface area contributed by atoms with Crippen molar-refractivity contribution in [2.75, 3.05) is 19.8 Å². The van der Waals surface area contributed by atoms with Crippen LogP contribution in [0, 0.1) is 11.8 Å². The van der Waals surface area contributed by atoms with Gasteiger partial charge in [-0.05, 0) is 58.1 Å². The zero-order chi connectivity index (χ0) is 13.0. The Labute approximate surface area is 122 Å². The second-order valence-corrected chi connectivity index (χ2v) is 6.71. The molecule has 0 amide bonds. The summed E-state index contributed by atoms with van der Waals surface area (Å²) in [6, 6.07) is 0.462. The van der Waals surface area contributed by atoms with Crippen molar-refractivity contribution in [2.45, 2.75) is 32.7 Å². The second kappa shape index (κ2) is 7.04. The van der Waals surface area contributed by atoms with Gasteiger partial charge in [0.25, 0.3) is 0 Å². The highest BCUT2D eigenvalue weighted by Gasteiger charge is 2.31. The van der Waals surface area contributed by atoms with E-state index in [0.29, 0.717) is 17.9 Å². The van der Waals surface area contributed by atoms with Crippen molar-refractivity contribution in [1.82, 2.24) is 5.32 Å². The highest BCUT2D eigenvalue weighted by molar-refractivity contribution is 9.10. The first-order valence-electron chi connectivity index (χ1n) is 6.76. The molecule has 1 N–H and O–H groups in total. The zero-order valence-corrected chi connectivity index (χ0v) is 13.5. The predicted octanol–water partition coefficient (Wildman–Crippen LogP) is 4.22. The molecule has 0 bridgehead atoms. The molecule has 1 aliphatic rings. The van der Waals surface area contributed by atoms with Crippen molar-refractivity contribution < 1.29 is 4.74 Å². The van der Waals surface area contributed by atoms with Gasteiger partial charge in [0.05, 0.1) is 0 Å². The Morgan fingerprint density at radius 2 is 2.39 bits per heavy atom. The zero-order valence-electron chi connectivity index (χ0n) is 11.1. The number of nitrogens with one attached hydrogen (secondary N) is 1. The number of halogens is 1. The molecule has 3 unspecified atom stereocenters. The molecule has 102 valence electrons. The summed E-state index contributed by atoms with van der Waals surface area (Å²) >= 11 is 5.46. The molecule has 0 radical (unpaired) electrons. The van der Waals surface area contributed by atoms with Crippen molar-refractivity contribution >= 4 is 27.3 Å². The SMILES string of the molecule is CCCNC(c1cscc1Br)C1CCOCC1C. The van der Waals surface area contributed by atoms with Gasteiger partial charge in [-0.15, -0.1) is 0 Å². The molecule has 0 aliphatic carbocycles. The highest BCUT2D eigenvalue weighted by atomic mass is 79.9. The van der Waals surface area contributed by atoms with Crippen LogP contribution in [0.4, 0.5) is 0 Å². The molecule has 2 rings (SSSR count). The van der Waals surface area contributed by atoms with Gasteiger partial charge in [-0.1, -0.05) is 13.8 Å². The van der Waals surface area contributed by atoms with E-state index in [9.17, 15) is 0 Å². The van der Waals surface area contributed by atoms with E-state index in [-0.39, 0.29) is 0 Å². The van der Waals surface area contributed by atoms with Gasteiger partial charge in [0.1, 0.15) is 0 Å². The van der Waals surface area contributed by atoms with E-state index in [4.69, 9.17) is 4.74 Å². The Morgan fingerprint density at radius 3 is 3.00 bits per heavy atom. The van der Waals surface area contributed by atoms with Gasteiger partial charge in [-0.3, -0.25) is 0 Å². The average molecular weight is 332 g/mol. The van der Waals surface area contributed by atoms with Crippen molar-refractivity contribution in [1.29, 1.82) is 0 Å². The molecule has 18 heavy (non-hydrogen) atoms. The van der Waals surface area contributed by atoms with Crippen LogP contribution in [0.15, 0.2) is 15.2 Å². The third-order valence-corrected chi connectivity index (χ3v) is 5.48. The summed E-state index contributed by atoms with van der Waals surface area (Å²) in [5.74, 6) is 1.30. The lowest BCUT2D eigenvalue weighted by Gasteiger charge is -2.36. The number of rotatable bonds is 5. The fourth-order valence-electron chi connectivity index (χ4n) is 2.70. The van der Waals surface area contributed by atoms with Crippen LogP contribution in [0.2, 0.25) is 0 Å². The quantitative estimate of drug-likeness (QED) is 0.871. The van der Waals surface area contributed by atoms with Crippen molar-refractivity contribution in [3.63, 3.8) is 0 Å². The smallest absolute Gasteiger partial charge is 0.0494 e. The number of hydrogen-bond acceptors (Lipinski definition) is 3. The summed E-state index contributed by atoms with van der Waals surface area (Å²) in [6.45, 7) is 7.42. The molecular formula is C14H22BrNOS. The van der Waals surface area contributed by atoms with Crippen molar-refractivity contribution in [2.24, 2.45) is 11.8 Å². The maximum Gasteiger partial charge on any atom is 0.0494 e. The first kappa shape index (κ1) is 14.5. The minimum Gasteiger partial charge on any atom is -0.381 e. The molecule has 0 aromatic carbocycles. The lowest BCUT2D eigenvalue weighted by atomic mass is 9.81. The molecule has 1 saturated heterocycles. The highest BCUT2D eigenvalue weighted by Crippen LogP contribution is 2.38. The molecule has 3 atom stereocenters. The first-order chi connectivity index (χ1) is 8.74. The summed E-state index contributed by atoms with van der Waals surface area (Å²) in [5.41, 5.74) is 1.42. The molecule has 2 nitrogen and oxygen atoms in total. The standard InChI is InChI=1S/C14H22BrNOS/c1-3-5-16-14(12-8-18-9-13(12)15)11-4-6-17-7-10(11)2/h8-11,14,16H,3-7H2,1-2H3. The van der Waals surface area contributed by atoms with Crippen molar-refractivity contribution in [3.8, 4) is 0 Å². The topological polar surface area (TPSA) is 21.3 Å². The Morgan fingerprint density at radius 1 is 1.56 bits per heavy atom. The maximum atomic E-state index is 5.58. The predicted molar refractivity (Wildman–Crippen MR) is 81.1 cm³/mol. The summed E-state index contributed by atoms with van der Waals surface area (Å²) in [4.78, 5) is 0. The van der Waals surface area contributed by atoms with Crippen LogP contribution in [0.1, 0.15) is 38.3 Å². The van der Waals surface area contributed by atoms with Crippen molar-refractivity contribution in [3.05, 3.63) is 20.8 Å². The molecular weight excluding hydrogens is 310 g/mol. The van der Waals surface area contributed by atoms with Crippen LogP contribution in [0.3, 0.4) is 0 Å². The summed E-state index contributed by atoms with van der Waals surface area (Å²) in [7, 11) is 0. The number of hydrogen-bond donors (Lipinski definition) is 1. The molecule has 0 saturated carbocycles. The third-order valence-electron chi connectivity index (χ3n) is 3.73. The molecule has 2 heterocycles. The summed E-state index contributed by atoms with van der Waals surface area (Å²) in [6.07, 6.45) is 2.33. The largest absolute Gasteiger partial charge is 0.381 e. The van der Waals surface area contributed by atoms with Crippen LogP contribution < -0.4 is 5.32 Å². The fraction of sp³-hybridized carbons (Fsp3) is 0.714. The van der Waals surface area contributed by atoms with Crippen LogP contribution in [-0.4, -0.2) is 19.8 Å². The van der Waals surface area contributed by atoms with Gasteiger partial charge in [-0.25, -0.2) is 0 Å². The van der Waals surface area contributed by atoms with Crippen LogP contribution in [0.25, 0.3) is 0 Å². The van der Waals surface area contributed by atoms with E-state index in [1.54, 1.807) is 11.3 Å². The van der Waals surface area contributed by atoms with Crippen LogP contribution >= 0.6 is 27.3 Å². The van der Waals surface area contributed by atoms with E-state index < -0.39 is 0 Å². The Balaban J connectivity index is 2.16. The van der Waals surface area contributed by atoms with E-state index in [0.717, 1.165) is 26.2 Å². The minimum absolute atomic E-state index is 0.462. The Hall–Kier alpha value is 0.1000. The van der Waals surface area contributed by atoms with Crippen LogP contribution in [-0.2, 0) is 4.74 Å². The van der Waals surface area contributed by atoms with Gasteiger partial charge >= 0.3 is 0 Å². The normalized spacial score (nSPS) is 26.2. The second-order valence-electron chi connectivity index (χ2n) is 5.11. The maximum absolute atomic E-state index is 5.58. The molecule has 1 aromatic rings. The number of thiophene rings is 1. The minimum atomic E-state index is 0.462. The lowest BCUT2D eigenvalue weighted by molar-refractivity contribution is 0.0106. The average Bonchev–Trinajstić information content (AvgIpc) is 2.78. The van der Waals surface area contributed by atoms with Gasteiger partial charge < -0.3 is 10.1 Å². The monoisotopic (exact) mass is 331 g/mol. The first-order valence-corrected chi connectivity index (χ1v) is 8.50. The lowest BCUT2D eigenvalue weighted by Crippen LogP contribution is -2.37. The molecule has 1 aliphatic heterocycles. The van der Waals surface area contributed by atoms with Gasteiger partial charge in [0.15, 0.2) is 0 Å². The third kappa shape index (κ3) is 3.35. The Kier molecular flexibility index (Phi) is 5.67. The molecule has 1 aromatic heterocycles. The van der Waals surface area contributed by atoms with E-state index in [1.807, 2.05) is 0 Å². The fourth-order valence-corrected chi connectivity index (χ4v) is 4.28. The van der Waals surface area contributed by atoms with Gasteiger partial charge in [-0.2, -0.15) is 11.3 Å².